The second-order valence-electron chi connectivity index (χ2n) is 4.69. The molecule has 1 N–H and O–H groups in total. The molecule has 0 amide bonds. The third-order valence-electron chi connectivity index (χ3n) is 3.27. The van der Waals surface area contributed by atoms with Gasteiger partial charge >= 0.3 is 0 Å². The lowest BCUT2D eigenvalue weighted by Gasteiger charge is -2.23. The Balaban J connectivity index is 1.77. The summed E-state index contributed by atoms with van der Waals surface area (Å²) < 4.78 is 18.6. The Morgan fingerprint density at radius 3 is 3.00 bits per heavy atom. The van der Waals surface area contributed by atoms with E-state index in [4.69, 9.17) is 4.74 Å². The minimum absolute atomic E-state index is 0.205. The van der Waals surface area contributed by atoms with E-state index in [1.54, 1.807) is 6.07 Å². The van der Waals surface area contributed by atoms with Crippen molar-refractivity contribution >= 4 is 0 Å². The van der Waals surface area contributed by atoms with Gasteiger partial charge < -0.3 is 10.1 Å². The van der Waals surface area contributed by atoms with Crippen LogP contribution in [0.1, 0.15) is 31.2 Å². The van der Waals surface area contributed by atoms with E-state index in [2.05, 4.69) is 5.32 Å². The van der Waals surface area contributed by atoms with Crippen LogP contribution >= 0.6 is 0 Å². The first-order chi connectivity index (χ1) is 8.25. The maximum absolute atomic E-state index is 12.9. The van der Waals surface area contributed by atoms with Gasteiger partial charge in [0.2, 0.25) is 0 Å². The van der Waals surface area contributed by atoms with Crippen molar-refractivity contribution in [2.24, 2.45) is 0 Å². The van der Waals surface area contributed by atoms with Gasteiger partial charge in [-0.05, 0) is 56.5 Å². The molecule has 1 saturated heterocycles. The van der Waals surface area contributed by atoms with Gasteiger partial charge in [-0.1, -0.05) is 6.42 Å². The Hall–Kier alpha value is -1.09. The quantitative estimate of drug-likeness (QED) is 0.869. The van der Waals surface area contributed by atoms with Crippen molar-refractivity contribution in [3.8, 4) is 5.75 Å². The van der Waals surface area contributed by atoms with Crippen LogP contribution in [0, 0.1) is 12.7 Å². The number of nitrogens with one attached hydrogen (secondary N) is 1. The van der Waals surface area contributed by atoms with Crippen LogP contribution in [0.25, 0.3) is 0 Å². The lowest BCUT2D eigenvalue weighted by atomic mass is 10.0. The molecule has 0 saturated carbocycles. The van der Waals surface area contributed by atoms with Crippen LogP contribution < -0.4 is 10.1 Å². The summed E-state index contributed by atoms with van der Waals surface area (Å²) in [5.74, 6) is 0.589. The molecule has 0 bridgehead atoms. The molecule has 0 aliphatic carbocycles. The average molecular weight is 237 g/mol. The minimum atomic E-state index is -0.205. The predicted molar refractivity (Wildman–Crippen MR) is 66.9 cm³/mol. The number of hydrogen-bond acceptors (Lipinski definition) is 2. The zero-order valence-electron chi connectivity index (χ0n) is 10.3. The number of ether oxygens (including phenoxy) is 1. The minimum Gasteiger partial charge on any atom is -0.493 e. The molecule has 1 heterocycles. The fourth-order valence-electron chi connectivity index (χ4n) is 2.26. The van der Waals surface area contributed by atoms with Crippen LogP contribution in [0.15, 0.2) is 18.2 Å². The Bertz CT molecular complexity index is 361. The number of aryl methyl sites for hydroxylation is 1. The van der Waals surface area contributed by atoms with Crippen molar-refractivity contribution in [3.63, 3.8) is 0 Å². The van der Waals surface area contributed by atoms with Crippen molar-refractivity contribution in [2.45, 2.75) is 38.6 Å². The molecule has 1 aromatic rings. The molecular formula is C14H20FNO. The van der Waals surface area contributed by atoms with Gasteiger partial charge in [0.25, 0.3) is 0 Å². The number of hydrogen-bond donors (Lipinski definition) is 1. The van der Waals surface area contributed by atoms with Crippen molar-refractivity contribution in [1.29, 1.82) is 0 Å². The lowest BCUT2D eigenvalue weighted by Crippen LogP contribution is -2.35. The highest BCUT2D eigenvalue weighted by molar-refractivity contribution is 5.32. The van der Waals surface area contributed by atoms with Gasteiger partial charge in [-0.2, -0.15) is 0 Å². The van der Waals surface area contributed by atoms with Gasteiger partial charge in [0.05, 0.1) is 6.61 Å². The number of rotatable bonds is 4. The topological polar surface area (TPSA) is 21.3 Å². The highest BCUT2D eigenvalue weighted by Gasteiger charge is 2.12. The van der Waals surface area contributed by atoms with Crippen molar-refractivity contribution in [2.75, 3.05) is 13.2 Å². The van der Waals surface area contributed by atoms with E-state index in [1.807, 2.05) is 6.92 Å². The van der Waals surface area contributed by atoms with Gasteiger partial charge in [-0.3, -0.25) is 0 Å². The largest absolute Gasteiger partial charge is 0.493 e. The first-order valence-electron chi connectivity index (χ1n) is 6.38. The zero-order chi connectivity index (χ0) is 12.1. The molecule has 1 aliphatic rings. The summed E-state index contributed by atoms with van der Waals surface area (Å²) in [5, 5.41) is 3.49. The zero-order valence-corrected chi connectivity index (χ0v) is 10.3. The molecule has 1 fully saturated rings. The standard InChI is InChI=1S/C14H20FNO/c1-11-10-12(15)5-6-14(11)17-9-7-13-4-2-3-8-16-13/h5-6,10,13,16H,2-4,7-9H2,1H3. The maximum Gasteiger partial charge on any atom is 0.123 e. The summed E-state index contributed by atoms with van der Waals surface area (Å²) in [6.45, 7) is 3.70. The molecule has 1 aliphatic heterocycles. The van der Waals surface area contributed by atoms with Crippen molar-refractivity contribution in [3.05, 3.63) is 29.6 Å². The van der Waals surface area contributed by atoms with Gasteiger partial charge in [-0.25, -0.2) is 4.39 Å². The van der Waals surface area contributed by atoms with Crippen LogP contribution in [0.4, 0.5) is 4.39 Å². The SMILES string of the molecule is Cc1cc(F)ccc1OCCC1CCCCN1. The van der Waals surface area contributed by atoms with E-state index in [1.165, 1.54) is 31.4 Å². The summed E-state index contributed by atoms with van der Waals surface area (Å²) in [4.78, 5) is 0. The van der Waals surface area contributed by atoms with Gasteiger partial charge in [0, 0.05) is 6.04 Å². The average Bonchev–Trinajstić information content (AvgIpc) is 2.33. The molecule has 2 nitrogen and oxygen atoms in total. The van der Waals surface area contributed by atoms with E-state index >= 15 is 0 Å². The molecule has 1 aromatic carbocycles. The van der Waals surface area contributed by atoms with Crippen LogP contribution in [0.3, 0.4) is 0 Å². The van der Waals surface area contributed by atoms with E-state index < -0.39 is 0 Å². The van der Waals surface area contributed by atoms with E-state index in [-0.39, 0.29) is 5.82 Å². The van der Waals surface area contributed by atoms with Crippen LogP contribution in [-0.4, -0.2) is 19.2 Å². The Labute approximate surface area is 102 Å². The first-order valence-corrected chi connectivity index (χ1v) is 6.38. The third-order valence-corrected chi connectivity index (χ3v) is 3.27. The number of benzene rings is 1. The second-order valence-corrected chi connectivity index (χ2v) is 4.69. The molecular weight excluding hydrogens is 217 g/mol. The van der Waals surface area contributed by atoms with Crippen LogP contribution in [-0.2, 0) is 0 Å². The van der Waals surface area contributed by atoms with Gasteiger partial charge in [0.1, 0.15) is 11.6 Å². The molecule has 3 heteroatoms. The molecule has 0 aromatic heterocycles. The molecule has 0 spiro atoms. The Morgan fingerprint density at radius 2 is 2.29 bits per heavy atom. The molecule has 94 valence electrons. The van der Waals surface area contributed by atoms with E-state index in [0.717, 1.165) is 24.3 Å². The summed E-state index contributed by atoms with van der Waals surface area (Å²) in [6, 6.07) is 5.25. The maximum atomic E-state index is 12.9. The molecule has 2 rings (SSSR count). The van der Waals surface area contributed by atoms with E-state index in [0.29, 0.717) is 12.6 Å². The smallest absolute Gasteiger partial charge is 0.123 e. The molecule has 0 radical (unpaired) electrons. The molecule has 17 heavy (non-hydrogen) atoms. The summed E-state index contributed by atoms with van der Waals surface area (Å²) in [5.41, 5.74) is 0.863. The highest BCUT2D eigenvalue weighted by Crippen LogP contribution is 2.19. The van der Waals surface area contributed by atoms with Gasteiger partial charge in [0.15, 0.2) is 0 Å². The fraction of sp³-hybridized carbons (Fsp3) is 0.571. The Morgan fingerprint density at radius 1 is 1.41 bits per heavy atom. The highest BCUT2D eigenvalue weighted by atomic mass is 19.1. The summed E-state index contributed by atoms with van der Waals surface area (Å²) >= 11 is 0. The summed E-state index contributed by atoms with van der Waals surface area (Å²) in [6.07, 6.45) is 4.87. The number of halogens is 1. The van der Waals surface area contributed by atoms with Crippen molar-refractivity contribution < 1.29 is 9.13 Å². The van der Waals surface area contributed by atoms with Gasteiger partial charge in [-0.15, -0.1) is 0 Å². The molecule has 1 atom stereocenters. The van der Waals surface area contributed by atoms with E-state index in [9.17, 15) is 4.39 Å². The number of piperidine rings is 1. The normalized spacial score (nSPS) is 20.2. The second kappa shape index (κ2) is 6.01. The lowest BCUT2D eigenvalue weighted by molar-refractivity contribution is 0.266. The molecule has 1 unspecified atom stereocenters. The fourth-order valence-corrected chi connectivity index (χ4v) is 2.26. The predicted octanol–water partition coefficient (Wildman–Crippen LogP) is 3.05. The van der Waals surface area contributed by atoms with Crippen LogP contribution in [0.2, 0.25) is 0 Å². The Kier molecular flexibility index (Phi) is 4.37. The summed E-state index contributed by atoms with van der Waals surface area (Å²) in [7, 11) is 0. The monoisotopic (exact) mass is 237 g/mol. The van der Waals surface area contributed by atoms with Crippen LogP contribution in [0.5, 0.6) is 5.75 Å². The van der Waals surface area contributed by atoms with Crippen molar-refractivity contribution in [1.82, 2.24) is 5.32 Å². The third kappa shape index (κ3) is 3.70. The first kappa shape index (κ1) is 12.4.